The van der Waals surface area contributed by atoms with Gasteiger partial charge in [0.2, 0.25) is 11.8 Å². The van der Waals surface area contributed by atoms with Gasteiger partial charge in [-0.1, -0.05) is 6.07 Å². The number of hydrogen-bond donors (Lipinski definition) is 1. The van der Waals surface area contributed by atoms with Gasteiger partial charge in [-0.15, -0.1) is 13.2 Å². The molecule has 136 valence electrons. The maximum Gasteiger partial charge on any atom is 0.573 e. The molecule has 2 aliphatic rings. The summed E-state index contributed by atoms with van der Waals surface area (Å²) in [7, 11) is 0. The monoisotopic (exact) mass is 358 g/mol. The van der Waals surface area contributed by atoms with Crippen LogP contribution < -0.4 is 15.0 Å². The van der Waals surface area contributed by atoms with Crippen LogP contribution in [0.2, 0.25) is 0 Å². The van der Waals surface area contributed by atoms with Gasteiger partial charge in [-0.25, -0.2) is 0 Å². The second-order valence-corrected chi connectivity index (χ2v) is 5.89. The fraction of sp³-hybridized carbons (Fsp3) is 0.500. The van der Waals surface area contributed by atoms with E-state index in [1.165, 1.54) is 17.0 Å². The van der Waals surface area contributed by atoms with Gasteiger partial charge in [-0.3, -0.25) is 9.59 Å². The van der Waals surface area contributed by atoms with Crippen LogP contribution in [0.5, 0.6) is 5.75 Å². The molecule has 2 amide bonds. The molecule has 0 radical (unpaired) electrons. The van der Waals surface area contributed by atoms with Crippen molar-refractivity contribution in [1.29, 1.82) is 0 Å². The third kappa shape index (κ3) is 4.22. The predicted octanol–water partition coefficient (Wildman–Crippen LogP) is 1.99. The molecule has 6 nitrogen and oxygen atoms in total. The number of anilines is 1. The molecule has 2 unspecified atom stereocenters. The Bertz CT molecular complexity index is 659. The molecule has 9 heteroatoms. The van der Waals surface area contributed by atoms with Crippen LogP contribution in [0.15, 0.2) is 24.3 Å². The summed E-state index contributed by atoms with van der Waals surface area (Å²) in [6.07, 6.45) is -3.54. The molecule has 0 spiro atoms. The van der Waals surface area contributed by atoms with Gasteiger partial charge in [0.05, 0.1) is 0 Å². The molecule has 2 heterocycles. The lowest BCUT2D eigenvalue weighted by Gasteiger charge is -2.19. The lowest BCUT2D eigenvalue weighted by atomic mass is 10.2. The number of carbonyl (C=O) groups excluding carboxylic acids is 2. The minimum atomic E-state index is -4.80. The first-order valence-corrected chi connectivity index (χ1v) is 7.93. The maximum absolute atomic E-state index is 12.5. The maximum atomic E-state index is 12.5. The number of amides is 2. The molecule has 3 rings (SSSR count). The number of hydrogen-bond acceptors (Lipinski definition) is 4. The third-order valence-corrected chi connectivity index (χ3v) is 4.11. The second kappa shape index (κ2) is 6.91. The van der Waals surface area contributed by atoms with E-state index >= 15 is 0 Å². The molecule has 0 aromatic heterocycles. The summed E-state index contributed by atoms with van der Waals surface area (Å²) in [6.45, 7) is 0.819. The fourth-order valence-corrected chi connectivity index (χ4v) is 2.97. The Labute approximate surface area is 141 Å². The summed E-state index contributed by atoms with van der Waals surface area (Å²) in [5, 5.41) is 2.66. The Kier molecular flexibility index (Phi) is 4.85. The van der Waals surface area contributed by atoms with Crippen LogP contribution in [0.25, 0.3) is 0 Å². The Morgan fingerprint density at radius 3 is 2.80 bits per heavy atom. The summed E-state index contributed by atoms with van der Waals surface area (Å²) >= 11 is 0. The van der Waals surface area contributed by atoms with Crippen molar-refractivity contribution in [2.75, 3.05) is 18.1 Å². The minimum absolute atomic E-state index is 0.292. The van der Waals surface area contributed by atoms with Crippen molar-refractivity contribution in [3.05, 3.63) is 24.3 Å². The molecule has 0 saturated carbocycles. The van der Waals surface area contributed by atoms with Gasteiger partial charge < -0.3 is 19.7 Å². The normalized spacial score (nSPS) is 23.8. The van der Waals surface area contributed by atoms with Gasteiger partial charge in [0.25, 0.3) is 0 Å². The number of halogens is 3. The van der Waals surface area contributed by atoms with Crippen LogP contribution >= 0.6 is 0 Å². The van der Waals surface area contributed by atoms with E-state index in [0.717, 1.165) is 18.6 Å². The molecule has 2 aliphatic heterocycles. The van der Waals surface area contributed by atoms with Crippen LogP contribution in [0.4, 0.5) is 18.9 Å². The summed E-state index contributed by atoms with van der Waals surface area (Å²) in [5.41, 5.74) is 0.292. The lowest BCUT2D eigenvalue weighted by molar-refractivity contribution is -0.274. The molecule has 2 saturated heterocycles. The fourth-order valence-electron chi connectivity index (χ4n) is 2.97. The van der Waals surface area contributed by atoms with Crippen LogP contribution in [0, 0.1) is 0 Å². The van der Waals surface area contributed by atoms with Gasteiger partial charge in [0.1, 0.15) is 17.9 Å². The summed E-state index contributed by atoms with van der Waals surface area (Å²) in [5.74, 6) is -1.09. The van der Waals surface area contributed by atoms with Crippen LogP contribution in [-0.2, 0) is 14.3 Å². The smallest absolute Gasteiger partial charge is 0.406 e. The summed E-state index contributed by atoms with van der Waals surface area (Å²) in [6, 6.07) is 4.50. The average Bonchev–Trinajstić information content (AvgIpc) is 3.17. The highest BCUT2D eigenvalue weighted by Crippen LogP contribution is 2.29. The third-order valence-electron chi connectivity index (χ3n) is 4.11. The van der Waals surface area contributed by atoms with Crippen LogP contribution in [0.3, 0.4) is 0 Å². The van der Waals surface area contributed by atoms with Crippen molar-refractivity contribution in [1.82, 2.24) is 5.32 Å². The van der Waals surface area contributed by atoms with Crippen molar-refractivity contribution in [2.45, 2.75) is 37.8 Å². The van der Waals surface area contributed by atoms with E-state index < -0.39 is 24.3 Å². The summed E-state index contributed by atoms with van der Waals surface area (Å²) < 4.78 is 46.1. The van der Waals surface area contributed by atoms with Gasteiger partial charge in [-0.05, 0) is 31.4 Å². The lowest BCUT2D eigenvalue weighted by Crippen LogP contribution is -2.45. The number of alkyl halides is 3. The molecular weight excluding hydrogens is 341 g/mol. The van der Waals surface area contributed by atoms with Gasteiger partial charge >= 0.3 is 6.36 Å². The number of carbonyl (C=O) groups is 2. The zero-order chi connectivity index (χ0) is 18.0. The topological polar surface area (TPSA) is 67.9 Å². The first-order valence-electron chi connectivity index (χ1n) is 7.93. The SMILES string of the molecule is O=C(NC1CCN(c2cccc(OC(F)(F)F)c2)C1=O)C1CCCO1. The molecule has 25 heavy (non-hydrogen) atoms. The Morgan fingerprint density at radius 2 is 2.12 bits per heavy atom. The van der Waals surface area contributed by atoms with E-state index in [0.29, 0.717) is 31.7 Å². The molecule has 1 aromatic carbocycles. The average molecular weight is 358 g/mol. The van der Waals surface area contributed by atoms with Gasteiger partial charge in [0, 0.05) is 24.9 Å². The summed E-state index contributed by atoms with van der Waals surface area (Å²) in [4.78, 5) is 25.8. The largest absolute Gasteiger partial charge is 0.573 e. The zero-order valence-corrected chi connectivity index (χ0v) is 13.2. The Hall–Kier alpha value is -2.29. The van der Waals surface area contributed by atoms with Crippen LogP contribution in [-0.4, -0.2) is 43.5 Å². The van der Waals surface area contributed by atoms with Gasteiger partial charge in [-0.2, -0.15) is 0 Å². The number of nitrogens with zero attached hydrogens (tertiary/aromatic N) is 1. The number of rotatable bonds is 4. The minimum Gasteiger partial charge on any atom is -0.406 e. The van der Waals surface area contributed by atoms with Gasteiger partial charge in [0.15, 0.2) is 0 Å². The van der Waals surface area contributed by atoms with E-state index in [1.54, 1.807) is 0 Å². The van der Waals surface area contributed by atoms with Crippen molar-refractivity contribution in [3.8, 4) is 5.75 Å². The van der Waals surface area contributed by atoms with Crippen molar-refractivity contribution in [3.63, 3.8) is 0 Å². The molecular formula is C16H17F3N2O4. The van der Waals surface area contributed by atoms with E-state index in [2.05, 4.69) is 10.1 Å². The highest BCUT2D eigenvalue weighted by Gasteiger charge is 2.36. The zero-order valence-electron chi connectivity index (χ0n) is 13.2. The van der Waals surface area contributed by atoms with Crippen molar-refractivity contribution < 1.29 is 32.2 Å². The van der Waals surface area contributed by atoms with E-state index in [9.17, 15) is 22.8 Å². The number of nitrogens with one attached hydrogen (secondary N) is 1. The molecule has 1 aromatic rings. The highest BCUT2D eigenvalue weighted by molar-refractivity contribution is 6.01. The van der Waals surface area contributed by atoms with E-state index in [1.807, 2.05) is 0 Å². The molecule has 0 bridgehead atoms. The second-order valence-electron chi connectivity index (χ2n) is 5.89. The quantitative estimate of drug-likeness (QED) is 0.894. The molecule has 2 fully saturated rings. The molecule has 1 N–H and O–H groups in total. The Morgan fingerprint density at radius 1 is 1.32 bits per heavy atom. The number of benzene rings is 1. The van der Waals surface area contributed by atoms with E-state index in [4.69, 9.17) is 4.74 Å². The predicted molar refractivity (Wildman–Crippen MR) is 81.0 cm³/mol. The van der Waals surface area contributed by atoms with Crippen LogP contribution in [0.1, 0.15) is 19.3 Å². The van der Waals surface area contributed by atoms with Crippen molar-refractivity contribution >= 4 is 17.5 Å². The first-order chi connectivity index (χ1) is 11.8. The van der Waals surface area contributed by atoms with Crippen molar-refractivity contribution in [2.24, 2.45) is 0 Å². The number of ether oxygens (including phenoxy) is 2. The molecule has 2 atom stereocenters. The standard InChI is InChI=1S/C16H17F3N2O4/c17-16(18,19)25-11-4-1-3-10(9-11)21-7-6-12(15(21)23)20-14(22)13-5-2-8-24-13/h1,3-4,9,12-13H,2,5-8H2,(H,20,22). The highest BCUT2D eigenvalue weighted by atomic mass is 19.4. The Balaban J connectivity index is 1.65. The molecule has 0 aliphatic carbocycles. The van der Waals surface area contributed by atoms with E-state index in [-0.39, 0.29) is 11.8 Å². The first kappa shape index (κ1) is 17.5.